The van der Waals surface area contributed by atoms with Crippen molar-refractivity contribution in [3.05, 3.63) is 24.0 Å². The fourth-order valence-electron chi connectivity index (χ4n) is 2.01. The molecule has 1 aliphatic rings. The Labute approximate surface area is 102 Å². The second kappa shape index (κ2) is 4.35. The molecule has 1 amide bonds. The summed E-state index contributed by atoms with van der Waals surface area (Å²) in [5, 5.41) is 2.96. The van der Waals surface area contributed by atoms with Gasteiger partial charge in [0.15, 0.2) is 0 Å². The molecule has 1 aromatic rings. The van der Waals surface area contributed by atoms with Crippen LogP contribution in [0.5, 0.6) is 0 Å². The average molecular weight is 233 g/mol. The molecule has 0 unspecified atom stereocenters. The van der Waals surface area contributed by atoms with Crippen LogP contribution in [0.4, 0.5) is 5.69 Å². The smallest absolute Gasteiger partial charge is 0.269 e. The summed E-state index contributed by atoms with van der Waals surface area (Å²) in [5.74, 6) is 0.499. The number of nitrogen functional groups attached to an aromatic ring is 1. The van der Waals surface area contributed by atoms with Gasteiger partial charge in [-0.2, -0.15) is 0 Å². The van der Waals surface area contributed by atoms with Gasteiger partial charge in [-0.25, -0.2) is 4.98 Å². The Bertz CT molecular complexity index is 407. The molecular formula is C13H19N3O. The van der Waals surface area contributed by atoms with Crippen LogP contribution in [-0.2, 0) is 0 Å². The Hall–Kier alpha value is -1.58. The minimum absolute atomic E-state index is 0.114. The quantitative estimate of drug-likeness (QED) is 0.833. The summed E-state index contributed by atoms with van der Waals surface area (Å²) < 4.78 is 0. The lowest BCUT2D eigenvalue weighted by molar-refractivity contribution is 0.0935. The minimum Gasteiger partial charge on any atom is -0.397 e. The Morgan fingerprint density at radius 2 is 2.24 bits per heavy atom. The van der Waals surface area contributed by atoms with Gasteiger partial charge in [0, 0.05) is 6.54 Å². The number of aromatic nitrogens is 1. The average Bonchev–Trinajstić information content (AvgIpc) is 3.08. The maximum absolute atomic E-state index is 11.8. The van der Waals surface area contributed by atoms with Crippen molar-refractivity contribution >= 4 is 11.6 Å². The van der Waals surface area contributed by atoms with Gasteiger partial charge in [-0.1, -0.05) is 13.8 Å². The van der Waals surface area contributed by atoms with Crippen molar-refractivity contribution in [2.45, 2.75) is 26.7 Å². The van der Waals surface area contributed by atoms with Crippen molar-refractivity contribution in [2.24, 2.45) is 11.3 Å². The molecule has 92 valence electrons. The monoisotopic (exact) mass is 233 g/mol. The summed E-state index contributed by atoms with van der Waals surface area (Å²) in [7, 11) is 0. The maximum atomic E-state index is 11.8. The van der Waals surface area contributed by atoms with Gasteiger partial charge in [0.1, 0.15) is 5.69 Å². The normalized spacial score (nSPS) is 16.9. The van der Waals surface area contributed by atoms with Crippen molar-refractivity contribution in [3.8, 4) is 0 Å². The Balaban J connectivity index is 1.92. The van der Waals surface area contributed by atoms with Gasteiger partial charge in [-0.05, 0) is 36.3 Å². The number of rotatable bonds is 4. The number of carbonyl (C=O) groups excluding carboxylic acids is 1. The molecular weight excluding hydrogens is 214 g/mol. The van der Waals surface area contributed by atoms with Crippen LogP contribution >= 0.6 is 0 Å². The van der Waals surface area contributed by atoms with E-state index in [1.165, 1.54) is 19.0 Å². The minimum atomic E-state index is -0.114. The Morgan fingerprint density at radius 1 is 1.53 bits per heavy atom. The van der Waals surface area contributed by atoms with Gasteiger partial charge in [0.25, 0.3) is 5.91 Å². The predicted molar refractivity (Wildman–Crippen MR) is 67.5 cm³/mol. The van der Waals surface area contributed by atoms with Crippen molar-refractivity contribution < 1.29 is 4.79 Å². The molecule has 17 heavy (non-hydrogen) atoms. The molecule has 1 saturated carbocycles. The zero-order valence-corrected chi connectivity index (χ0v) is 10.4. The number of hydrogen-bond donors (Lipinski definition) is 2. The first-order chi connectivity index (χ1) is 8.03. The summed E-state index contributed by atoms with van der Waals surface area (Å²) >= 11 is 0. The molecule has 0 aliphatic heterocycles. The van der Waals surface area contributed by atoms with E-state index in [1.54, 1.807) is 12.1 Å². The number of amides is 1. The third-order valence-electron chi connectivity index (χ3n) is 3.74. The topological polar surface area (TPSA) is 68.0 Å². The van der Waals surface area contributed by atoms with Crippen LogP contribution in [0.1, 0.15) is 37.2 Å². The number of nitrogens with two attached hydrogens (primary N) is 1. The maximum Gasteiger partial charge on any atom is 0.269 e. The fraction of sp³-hybridized carbons (Fsp3) is 0.538. The Kier molecular flexibility index (Phi) is 3.05. The van der Waals surface area contributed by atoms with Crippen LogP contribution in [0.15, 0.2) is 18.3 Å². The molecule has 0 radical (unpaired) electrons. The van der Waals surface area contributed by atoms with Crippen molar-refractivity contribution in [3.63, 3.8) is 0 Å². The SMILES string of the molecule is CC(C)C1(CNC(=O)c2ccc(N)cn2)CC1. The lowest BCUT2D eigenvalue weighted by Gasteiger charge is -2.19. The van der Waals surface area contributed by atoms with Gasteiger partial charge in [0.05, 0.1) is 11.9 Å². The van der Waals surface area contributed by atoms with Gasteiger partial charge in [0.2, 0.25) is 0 Å². The van der Waals surface area contributed by atoms with E-state index in [9.17, 15) is 4.79 Å². The van der Waals surface area contributed by atoms with E-state index in [-0.39, 0.29) is 5.91 Å². The Morgan fingerprint density at radius 3 is 2.71 bits per heavy atom. The fourth-order valence-corrected chi connectivity index (χ4v) is 2.01. The molecule has 4 heteroatoms. The molecule has 2 rings (SSSR count). The highest BCUT2D eigenvalue weighted by Crippen LogP contribution is 2.51. The highest BCUT2D eigenvalue weighted by Gasteiger charge is 2.45. The van der Waals surface area contributed by atoms with Crippen LogP contribution in [0, 0.1) is 11.3 Å². The summed E-state index contributed by atoms with van der Waals surface area (Å²) in [4.78, 5) is 15.8. The molecule has 0 bridgehead atoms. The van der Waals surface area contributed by atoms with E-state index in [0.29, 0.717) is 22.7 Å². The second-order valence-corrected chi connectivity index (χ2v) is 5.18. The molecule has 1 heterocycles. The summed E-state index contributed by atoms with van der Waals surface area (Å²) in [6, 6.07) is 3.34. The molecule has 1 aromatic heterocycles. The molecule has 1 aliphatic carbocycles. The van der Waals surface area contributed by atoms with Crippen LogP contribution in [-0.4, -0.2) is 17.4 Å². The van der Waals surface area contributed by atoms with Gasteiger partial charge >= 0.3 is 0 Å². The standard InChI is InChI=1S/C13H19N3O/c1-9(2)13(5-6-13)8-16-12(17)11-4-3-10(14)7-15-11/h3-4,7,9H,5-6,8,14H2,1-2H3,(H,16,17). The number of nitrogens with one attached hydrogen (secondary N) is 1. The zero-order valence-electron chi connectivity index (χ0n) is 10.4. The molecule has 0 saturated heterocycles. The molecule has 4 nitrogen and oxygen atoms in total. The van der Waals surface area contributed by atoms with Crippen LogP contribution < -0.4 is 11.1 Å². The largest absolute Gasteiger partial charge is 0.397 e. The van der Waals surface area contributed by atoms with E-state index in [2.05, 4.69) is 24.1 Å². The highest BCUT2D eigenvalue weighted by atomic mass is 16.1. The summed E-state index contributed by atoms with van der Waals surface area (Å²) in [5.41, 5.74) is 6.85. The molecule has 0 atom stereocenters. The van der Waals surface area contributed by atoms with E-state index >= 15 is 0 Å². The second-order valence-electron chi connectivity index (χ2n) is 5.18. The highest BCUT2D eigenvalue weighted by molar-refractivity contribution is 5.92. The third kappa shape index (κ3) is 2.57. The molecule has 1 fully saturated rings. The number of pyridine rings is 1. The number of anilines is 1. The first kappa shape index (κ1) is 11.9. The number of hydrogen-bond acceptors (Lipinski definition) is 3. The molecule has 3 N–H and O–H groups in total. The van der Waals surface area contributed by atoms with E-state index in [1.807, 2.05) is 0 Å². The van der Waals surface area contributed by atoms with E-state index < -0.39 is 0 Å². The summed E-state index contributed by atoms with van der Waals surface area (Å²) in [6.07, 6.45) is 3.92. The number of carbonyl (C=O) groups is 1. The first-order valence-corrected chi connectivity index (χ1v) is 6.03. The van der Waals surface area contributed by atoms with Crippen LogP contribution in [0.2, 0.25) is 0 Å². The lowest BCUT2D eigenvalue weighted by Crippen LogP contribution is -2.33. The number of nitrogens with zero attached hydrogens (tertiary/aromatic N) is 1. The van der Waals surface area contributed by atoms with Gasteiger partial charge in [-0.15, -0.1) is 0 Å². The van der Waals surface area contributed by atoms with Crippen LogP contribution in [0.25, 0.3) is 0 Å². The van der Waals surface area contributed by atoms with Gasteiger partial charge in [-0.3, -0.25) is 4.79 Å². The van der Waals surface area contributed by atoms with Gasteiger partial charge < -0.3 is 11.1 Å². The molecule has 0 aromatic carbocycles. The molecule has 0 spiro atoms. The van der Waals surface area contributed by atoms with E-state index in [0.717, 1.165) is 6.54 Å². The first-order valence-electron chi connectivity index (χ1n) is 6.03. The van der Waals surface area contributed by atoms with Crippen LogP contribution in [0.3, 0.4) is 0 Å². The predicted octanol–water partition coefficient (Wildman–Crippen LogP) is 1.83. The van der Waals surface area contributed by atoms with Crippen molar-refractivity contribution in [1.82, 2.24) is 10.3 Å². The van der Waals surface area contributed by atoms with Crippen molar-refractivity contribution in [1.29, 1.82) is 0 Å². The van der Waals surface area contributed by atoms with Crippen molar-refractivity contribution in [2.75, 3.05) is 12.3 Å². The summed E-state index contributed by atoms with van der Waals surface area (Å²) in [6.45, 7) is 5.16. The zero-order chi connectivity index (χ0) is 12.5. The van der Waals surface area contributed by atoms with E-state index in [4.69, 9.17) is 5.73 Å². The lowest BCUT2D eigenvalue weighted by atomic mass is 9.92. The third-order valence-corrected chi connectivity index (χ3v) is 3.74.